The summed E-state index contributed by atoms with van der Waals surface area (Å²) >= 11 is 0. The second kappa shape index (κ2) is 5.80. The summed E-state index contributed by atoms with van der Waals surface area (Å²) in [7, 11) is 0. The molecule has 1 aromatic heterocycles. The Morgan fingerprint density at radius 1 is 1.44 bits per heavy atom. The average Bonchev–Trinajstić information content (AvgIpc) is 2.27. The van der Waals surface area contributed by atoms with E-state index in [0.29, 0.717) is 17.9 Å². The van der Waals surface area contributed by atoms with Gasteiger partial charge in [0.2, 0.25) is 0 Å². The molecule has 0 unspecified atom stereocenters. The minimum Gasteiger partial charge on any atom is -0.463 e. The Morgan fingerprint density at radius 2 is 2.19 bits per heavy atom. The van der Waals surface area contributed by atoms with E-state index in [2.05, 4.69) is 4.98 Å². The van der Waals surface area contributed by atoms with Gasteiger partial charge in [0.15, 0.2) is 5.78 Å². The van der Waals surface area contributed by atoms with Crippen LogP contribution in [0.25, 0.3) is 6.08 Å². The predicted molar refractivity (Wildman–Crippen MR) is 59.9 cm³/mol. The Morgan fingerprint density at radius 3 is 2.69 bits per heavy atom. The van der Waals surface area contributed by atoms with Crippen LogP contribution in [0.2, 0.25) is 0 Å². The van der Waals surface area contributed by atoms with Crippen molar-refractivity contribution >= 4 is 17.8 Å². The number of rotatable bonds is 4. The van der Waals surface area contributed by atoms with Crippen molar-refractivity contribution in [3.05, 3.63) is 35.7 Å². The molecule has 4 nitrogen and oxygen atoms in total. The molecule has 16 heavy (non-hydrogen) atoms. The molecule has 1 heterocycles. The monoisotopic (exact) mass is 219 g/mol. The van der Waals surface area contributed by atoms with Gasteiger partial charge in [0.25, 0.3) is 0 Å². The highest BCUT2D eigenvalue weighted by Gasteiger charge is 1.99. The summed E-state index contributed by atoms with van der Waals surface area (Å²) in [5.74, 6) is -0.437. The summed E-state index contributed by atoms with van der Waals surface area (Å²) in [6.45, 7) is 3.57. The van der Waals surface area contributed by atoms with Crippen LogP contribution in [0.5, 0.6) is 0 Å². The van der Waals surface area contributed by atoms with Crippen LogP contribution >= 0.6 is 0 Å². The molecule has 0 bridgehead atoms. The maximum absolute atomic E-state index is 11.0. The number of hydrogen-bond donors (Lipinski definition) is 0. The lowest BCUT2D eigenvalue weighted by atomic mass is 10.2. The van der Waals surface area contributed by atoms with Crippen LogP contribution in [-0.2, 0) is 9.53 Å². The Bertz CT molecular complexity index is 407. The van der Waals surface area contributed by atoms with Crippen molar-refractivity contribution < 1.29 is 14.3 Å². The largest absolute Gasteiger partial charge is 0.463 e. The smallest absolute Gasteiger partial charge is 0.330 e. The summed E-state index contributed by atoms with van der Waals surface area (Å²) in [4.78, 5) is 26.0. The highest BCUT2D eigenvalue weighted by molar-refractivity contribution is 5.93. The quantitative estimate of drug-likeness (QED) is 0.440. The third kappa shape index (κ3) is 3.65. The van der Waals surface area contributed by atoms with Crippen molar-refractivity contribution in [2.45, 2.75) is 13.8 Å². The van der Waals surface area contributed by atoms with Crippen molar-refractivity contribution in [1.29, 1.82) is 0 Å². The second-order valence-electron chi connectivity index (χ2n) is 3.11. The molecule has 0 saturated heterocycles. The van der Waals surface area contributed by atoms with Crippen LogP contribution in [0.4, 0.5) is 0 Å². The lowest BCUT2D eigenvalue weighted by Gasteiger charge is -1.96. The van der Waals surface area contributed by atoms with Crippen LogP contribution in [0, 0.1) is 0 Å². The summed E-state index contributed by atoms with van der Waals surface area (Å²) in [5, 5.41) is 0. The third-order valence-electron chi connectivity index (χ3n) is 1.87. The molecular weight excluding hydrogens is 206 g/mol. The maximum atomic E-state index is 11.0. The highest BCUT2D eigenvalue weighted by Crippen LogP contribution is 2.03. The lowest BCUT2D eigenvalue weighted by molar-refractivity contribution is -0.137. The molecule has 0 N–H and O–H groups in total. The number of Topliss-reactive ketones (excluding diaryl/α,β-unsaturated/α-hetero) is 1. The predicted octanol–water partition coefficient (Wildman–Crippen LogP) is 1.86. The lowest BCUT2D eigenvalue weighted by Crippen LogP contribution is -1.99. The molecule has 0 spiro atoms. The number of ketones is 1. The van der Waals surface area contributed by atoms with Gasteiger partial charge in [-0.3, -0.25) is 9.78 Å². The molecule has 0 aromatic carbocycles. The first-order valence-corrected chi connectivity index (χ1v) is 4.95. The van der Waals surface area contributed by atoms with E-state index in [1.165, 1.54) is 19.2 Å². The topological polar surface area (TPSA) is 56.3 Å². The summed E-state index contributed by atoms with van der Waals surface area (Å²) < 4.78 is 4.72. The van der Waals surface area contributed by atoms with Crippen LogP contribution in [0.1, 0.15) is 29.9 Å². The van der Waals surface area contributed by atoms with Gasteiger partial charge in [0.1, 0.15) is 0 Å². The van der Waals surface area contributed by atoms with E-state index >= 15 is 0 Å². The average molecular weight is 219 g/mol. The Labute approximate surface area is 94.0 Å². The van der Waals surface area contributed by atoms with Gasteiger partial charge in [-0.05, 0) is 32.1 Å². The van der Waals surface area contributed by atoms with Gasteiger partial charge >= 0.3 is 5.97 Å². The molecule has 0 radical (unpaired) electrons. The molecule has 1 rings (SSSR count). The minimum absolute atomic E-state index is 0.0339. The molecule has 0 saturated carbocycles. The van der Waals surface area contributed by atoms with Crippen LogP contribution in [-0.4, -0.2) is 23.3 Å². The van der Waals surface area contributed by atoms with E-state index in [-0.39, 0.29) is 5.78 Å². The fourth-order valence-electron chi connectivity index (χ4n) is 1.06. The van der Waals surface area contributed by atoms with E-state index in [4.69, 9.17) is 4.74 Å². The van der Waals surface area contributed by atoms with Gasteiger partial charge in [-0.15, -0.1) is 0 Å². The Hall–Kier alpha value is -1.97. The van der Waals surface area contributed by atoms with E-state index in [9.17, 15) is 9.59 Å². The van der Waals surface area contributed by atoms with Gasteiger partial charge in [-0.2, -0.15) is 0 Å². The Kier molecular flexibility index (Phi) is 4.39. The van der Waals surface area contributed by atoms with E-state index in [1.807, 2.05) is 0 Å². The van der Waals surface area contributed by atoms with Gasteiger partial charge in [0.05, 0.1) is 12.3 Å². The number of ether oxygens (including phenoxy) is 1. The van der Waals surface area contributed by atoms with Crippen molar-refractivity contribution in [3.63, 3.8) is 0 Å². The zero-order valence-corrected chi connectivity index (χ0v) is 9.27. The van der Waals surface area contributed by atoms with E-state index in [1.54, 1.807) is 25.1 Å². The fraction of sp³-hybridized carbons (Fsp3) is 0.250. The normalized spacial score (nSPS) is 10.4. The van der Waals surface area contributed by atoms with Crippen LogP contribution in [0.3, 0.4) is 0 Å². The first-order chi connectivity index (χ1) is 7.63. The summed E-state index contributed by atoms with van der Waals surface area (Å²) in [5.41, 5.74) is 1.16. The fourth-order valence-corrected chi connectivity index (χ4v) is 1.06. The van der Waals surface area contributed by atoms with E-state index < -0.39 is 5.97 Å². The number of hydrogen-bond acceptors (Lipinski definition) is 4. The zero-order valence-electron chi connectivity index (χ0n) is 9.27. The van der Waals surface area contributed by atoms with Crippen molar-refractivity contribution in [1.82, 2.24) is 4.98 Å². The third-order valence-corrected chi connectivity index (χ3v) is 1.87. The molecule has 0 atom stereocenters. The highest BCUT2D eigenvalue weighted by atomic mass is 16.5. The molecule has 84 valence electrons. The summed E-state index contributed by atoms with van der Waals surface area (Å²) in [6, 6.07) is 3.34. The molecule has 0 aliphatic rings. The summed E-state index contributed by atoms with van der Waals surface area (Å²) in [6.07, 6.45) is 4.33. The molecule has 0 amide bonds. The number of esters is 1. The first kappa shape index (κ1) is 12.1. The number of aromatic nitrogens is 1. The molecule has 0 fully saturated rings. The van der Waals surface area contributed by atoms with E-state index in [0.717, 1.165) is 0 Å². The number of nitrogens with zero attached hydrogens (tertiary/aromatic N) is 1. The first-order valence-electron chi connectivity index (χ1n) is 4.95. The SMILES string of the molecule is CCOC(=O)C=Cc1ccc(C(C)=O)cn1. The maximum Gasteiger partial charge on any atom is 0.330 e. The van der Waals surface area contributed by atoms with Crippen LogP contribution in [0.15, 0.2) is 24.4 Å². The number of pyridine rings is 1. The zero-order chi connectivity index (χ0) is 12.0. The Balaban J connectivity index is 2.68. The number of carbonyl (C=O) groups excluding carboxylic acids is 2. The molecule has 4 heteroatoms. The van der Waals surface area contributed by atoms with Crippen LogP contribution < -0.4 is 0 Å². The van der Waals surface area contributed by atoms with Gasteiger partial charge < -0.3 is 4.74 Å². The molecule has 1 aromatic rings. The van der Waals surface area contributed by atoms with Gasteiger partial charge in [-0.1, -0.05) is 0 Å². The van der Waals surface area contributed by atoms with Gasteiger partial charge in [0, 0.05) is 17.8 Å². The molecule has 0 aliphatic carbocycles. The van der Waals surface area contributed by atoms with Crippen molar-refractivity contribution in [3.8, 4) is 0 Å². The molecular formula is C12H13NO3. The minimum atomic E-state index is -0.403. The molecule has 0 aliphatic heterocycles. The van der Waals surface area contributed by atoms with Crippen molar-refractivity contribution in [2.75, 3.05) is 6.61 Å². The second-order valence-corrected chi connectivity index (χ2v) is 3.11. The number of carbonyl (C=O) groups is 2. The van der Waals surface area contributed by atoms with Gasteiger partial charge in [-0.25, -0.2) is 4.79 Å². The van der Waals surface area contributed by atoms with Crippen molar-refractivity contribution in [2.24, 2.45) is 0 Å². The standard InChI is InChI=1S/C12H13NO3/c1-3-16-12(15)7-6-11-5-4-10(8-13-11)9(2)14/h4-8H,3H2,1-2H3.